The average molecular weight is 209 g/mol. The van der Waals surface area contributed by atoms with E-state index in [1.807, 2.05) is 0 Å². The third-order valence-corrected chi connectivity index (χ3v) is 1.74. The molecule has 0 N–H and O–H groups in total. The summed E-state index contributed by atoms with van der Waals surface area (Å²) in [6.07, 6.45) is -4.11. The molecule has 0 aliphatic heterocycles. The lowest BCUT2D eigenvalue weighted by molar-refractivity contribution is 0.150. The zero-order chi connectivity index (χ0) is 10.8. The van der Waals surface area contributed by atoms with E-state index < -0.39 is 25.3 Å². The predicted molar refractivity (Wildman–Crippen MR) is 44.2 cm³/mol. The molecular formula is C8H7BF5-. The van der Waals surface area contributed by atoms with Crippen LogP contribution in [0.2, 0.25) is 0 Å². The summed E-state index contributed by atoms with van der Waals surface area (Å²) in [5.74, 6) is 0. The molecule has 0 radical (unpaired) electrons. The Balaban J connectivity index is 2.96. The first kappa shape index (κ1) is 11.0. The van der Waals surface area contributed by atoms with Crippen LogP contribution in [-0.2, 0) is 6.32 Å². The summed E-state index contributed by atoms with van der Waals surface area (Å²) in [5, 5.41) is 0. The lowest BCUT2D eigenvalue weighted by atomic mass is 9.80. The van der Waals surface area contributed by atoms with Gasteiger partial charge in [0, 0.05) is 5.56 Å². The minimum atomic E-state index is -5.06. The monoisotopic (exact) mass is 209 g/mol. The summed E-state index contributed by atoms with van der Waals surface area (Å²) >= 11 is 0. The first-order chi connectivity index (χ1) is 6.40. The molecule has 0 fully saturated rings. The second-order valence-corrected chi connectivity index (χ2v) is 2.91. The van der Waals surface area contributed by atoms with E-state index in [1.165, 1.54) is 12.1 Å². The van der Waals surface area contributed by atoms with Crippen LogP contribution in [0.4, 0.5) is 21.7 Å². The van der Waals surface area contributed by atoms with Crippen molar-refractivity contribution < 1.29 is 21.7 Å². The van der Waals surface area contributed by atoms with Crippen LogP contribution in [0.1, 0.15) is 17.6 Å². The zero-order valence-electron chi connectivity index (χ0n) is 7.06. The van der Waals surface area contributed by atoms with Gasteiger partial charge in [-0.3, -0.25) is 0 Å². The molecular weight excluding hydrogens is 202 g/mol. The number of rotatable bonds is 3. The molecule has 0 heterocycles. The molecule has 0 bridgehead atoms. The van der Waals surface area contributed by atoms with Crippen LogP contribution in [0.3, 0.4) is 0 Å². The SMILES string of the molecule is FC(F)c1ccccc1C[B-](F)(F)F. The van der Waals surface area contributed by atoms with Crippen molar-refractivity contribution in [2.45, 2.75) is 12.7 Å². The molecule has 0 unspecified atom stereocenters. The molecule has 0 amide bonds. The summed E-state index contributed by atoms with van der Waals surface area (Å²) in [7, 11) is 0. The van der Waals surface area contributed by atoms with Gasteiger partial charge in [0.15, 0.2) is 0 Å². The summed E-state index contributed by atoms with van der Waals surface area (Å²) in [6.45, 7) is -5.06. The second-order valence-electron chi connectivity index (χ2n) is 2.91. The lowest BCUT2D eigenvalue weighted by Gasteiger charge is -2.16. The van der Waals surface area contributed by atoms with E-state index in [2.05, 4.69) is 0 Å². The standard InChI is InChI=1S/C8H7BF5/c10-8(11)7-4-2-1-3-6(7)5-9(12,13)14/h1-4,8H,5H2/q-1. The smallest absolute Gasteiger partial charge is 0.449 e. The molecule has 6 heteroatoms. The Morgan fingerprint density at radius 2 is 1.64 bits per heavy atom. The number of halogens is 5. The van der Waals surface area contributed by atoms with Gasteiger partial charge in [0.2, 0.25) is 0 Å². The summed E-state index contributed by atoms with van der Waals surface area (Å²) in [5.41, 5.74) is -0.873. The summed E-state index contributed by atoms with van der Waals surface area (Å²) in [4.78, 5) is 0. The van der Waals surface area contributed by atoms with Crippen molar-refractivity contribution in [2.75, 3.05) is 0 Å². The molecule has 1 aromatic carbocycles. The minimum Gasteiger partial charge on any atom is -0.449 e. The van der Waals surface area contributed by atoms with Gasteiger partial charge in [0.05, 0.1) is 0 Å². The van der Waals surface area contributed by atoms with Gasteiger partial charge in [0.25, 0.3) is 6.43 Å². The molecule has 0 atom stereocenters. The Bertz CT molecular complexity index is 307. The molecule has 0 saturated carbocycles. The zero-order valence-corrected chi connectivity index (χ0v) is 7.06. The fraction of sp³-hybridized carbons (Fsp3) is 0.250. The first-order valence-corrected chi connectivity index (χ1v) is 3.97. The van der Waals surface area contributed by atoms with Gasteiger partial charge in [-0.2, -0.15) is 0 Å². The molecule has 0 spiro atoms. The lowest BCUT2D eigenvalue weighted by Crippen LogP contribution is -2.20. The highest BCUT2D eigenvalue weighted by molar-refractivity contribution is 6.57. The second kappa shape index (κ2) is 3.98. The molecule has 0 aliphatic rings. The number of benzene rings is 1. The Hall–Kier alpha value is -1.07. The van der Waals surface area contributed by atoms with E-state index >= 15 is 0 Å². The molecule has 14 heavy (non-hydrogen) atoms. The average Bonchev–Trinajstić information content (AvgIpc) is 2.01. The van der Waals surface area contributed by atoms with E-state index in [0.29, 0.717) is 0 Å². The van der Waals surface area contributed by atoms with E-state index in [1.54, 1.807) is 0 Å². The fourth-order valence-corrected chi connectivity index (χ4v) is 1.18. The topological polar surface area (TPSA) is 0 Å². The number of hydrogen-bond acceptors (Lipinski definition) is 0. The van der Waals surface area contributed by atoms with Crippen LogP contribution in [0, 0.1) is 0 Å². The van der Waals surface area contributed by atoms with Crippen molar-refractivity contribution in [1.29, 1.82) is 0 Å². The summed E-state index contributed by atoms with van der Waals surface area (Å²) in [6, 6.07) is 4.72. The van der Waals surface area contributed by atoms with Crippen molar-refractivity contribution in [2.24, 2.45) is 0 Å². The Labute approximate surface area is 77.8 Å². The van der Waals surface area contributed by atoms with E-state index in [0.717, 1.165) is 12.1 Å². The maximum Gasteiger partial charge on any atom is 0.482 e. The highest BCUT2D eigenvalue weighted by atomic mass is 19.4. The third kappa shape index (κ3) is 3.01. The van der Waals surface area contributed by atoms with Crippen LogP contribution in [0.5, 0.6) is 0 Å². The van der Waals surface area contributed by atoms with Crippen LogP contribution in [-0.4, -0.2) is 6.98 Å². The minimum absolute atomic E-state index is 0.338. The fourth-order valence-electron chi connectivity index (χ4n) is 1.18. The van der Waals surface area contributed by atoms with Crippen molar-refractivity contribution in [3.8, 4) is 0 Å². The van der Waals surface area contributed by atoms with Gasteiger partial charge < -0.3 is 12.9 Å². The largest absolute Gasteiger partial charge is 0.482 e. The molecule has 0 aromatic heterocycles. The third-order valence-electron chi connectivity index (χ3n) is 1.74. The molecule has 1 rings (SSSR count). The van der Waals surface area contributed by atoms with Gasteiger partial charge in [-0.15, -0.1) is 0 Å². The quantitative estimate of drug-likeness (QED) is 0.527. The molecule has 0 nitrogen and oxygen atoms in total. The highest BCUT2D eigenvalue weighted by Crippen LogP contribution is 2.26. The highest BCUT2D eigenvalue weighted by Gasteiger charge is 2.25. The van der Waals surface area contributed by atoms with E-state index in [9.17, 15) is 21.7 Å². The summed E-state index contributed by atoms with van der Waals surface area (Å²) < 4.78 is 60.5. The number of alkyl halides is 2. The van der Waals surface area contributed by atoms with Crippen molar-refractivity contribution >= 4 is 6.98 Å². The molecule has 1 aromatic rings. The van der Waals surface area contributed by atoms with Gasteiger partial charge in [-0.05, 0) is 0 Å². The van der Waals surface area contributed by atoms with Gasteiger partial charge in [-0.25, -0.2) is 8.78 Å². The maximum absolute atomic E-state index is 12.2. The maximum atomic E-state index is 12.2. The molecule has 78 valence electrons. The van der Waals surface area contributed by atoms with Crippen molar-refractivity contribution in [3.63, 3.8) is 0 Å². The molecule has 0 aliphatic carbocycles. The Kier molecular flexibility index (Phi) is 3.13. The van der Waals surface area contributed by atoms with Crippen molar-refractivity contribution in [3.05, 3.63) is 35.4 Å². The van der Waals surface area contributed by atoms with E-state index in [-0.39, 0.29) is 5.56 Å². The van der Waals surface area contributed by atoms with Crippen LogP contribution in [0.25, 0.3) is 0 Å². The first-order valence-electron chi connectivity index (χ1n) is 3.97. The van der Waals surface area contributed by atoms with Crippen LogP contribution < -0.4 is 0 Å². The predicted octanol–water partition coefficient (Wildman–Crippen LogP) is 3.55. The van der Waals surface area contributed by atoms with Gasteiger partial charge in [0.1, 0.15) is 0 Å². The van der Waals surface area contributed by atoms with Crippen LogP contribution in [0.15, 0.2) is 24.3 Å². The van der Waals surface area contributed by atoms with Crippen LogP contribution >= 0.6 is 0 Å². The van der Waals surface area contributed by atoms with Gasteiger partial charge in [-0.1, -0.05) is 36.1 Å². The van der Waals surface area contributed by atoms with Crippen molar-refractivity contribution in [1.82, 2.24) is 0 Å². The molecule has 0 saturated heterocycles. The van der Waals surface area contributed by atoms with Gasteiger partial charge >= 0.3 is 6.98 Å². The van der Waals surface area contributed by atoms with E-state index in [4.69, 9.17) is 0 Å². The Morgan fingerprint density at radius 1 is 1.07 bits per heavy atom. The number of hydrogen-bond donors (Lipinski definition) is 0. The normalized spacial score (nSPS) is 12.1. The Morgan fingerprint density at radius 3 is 2.14 bits per heavy atom.